The highest BCUT2D eigenvalue weighted by Gasteiger charge is 2.08. The molecular weight excluding hydrogens is 216 g/mol. The fourth-order valence-corrected chi connectivity index (χ4v) is 1.25. The molecule has 0 aliphatic carbocycles. The first-order valence-corrected chi connectivity index (χ1v) is 4.68. The van der Waals surface area contributed by atoms with Gasteiger partial charge in [0.25, 0.3) is 0 Å². The molecule has 0 aliphatic rings. The summed E-state index contributed by atoms with van der Waals surface area (Å²) < 4.78 is 4.98. The summed E-state index contributed by atoms with van der Waals surface area (Å²) in [4.78, 5) is 10.7. The maximum Gasteiger partial charge on any atom is 0.332 e. The van der Waals surface area contributed by atoms with Crippen molar-refractivity contribution in [2.24, 2.45) is 0 Å². The van der Waals surface area contributed by atoms with Crippen molar-refractivity contribution < 1.29 is 14.6 Å². The Balaban J connectivity index is 3.07. The van der Waals surface area contributed by atoms with Gasteiger partial charge in [-0.25, -0.2) is 4.79 Å². The summed E-state index contributed by atoms with van der Waals surface area (Å²) in [6.07, 6.45) is 0. The number of carbonyl (C=O) groups is 1. The topological polar surface area (TPSA) is 46.5 Å². The van der Waals surface area contributed by atoms with Crippen molar-refractivity contribution >= 4 is 22.6 Å². The van der Waals surface area contributed by atoms with Gasteiger partial charge in [-0.05, 0) is 36.8 Å². The Morgan fingerprint density at radius 2 is 1.87 bits per heavy atom. The molecule has 0 saturated heterocycles. The normalized spacial score (nSPS) is 11.9. The van der Waals surface area contributed by atoms with Crippen LogP contribution in [0.1, 0.15) is 12.5 Å². The van der Waals surface area contributed by atoms with Gasteiger partial charge in [-0.2, -0.15) is 0 Å². The summed E-state index contributed by atoms with van der Waals surface area (Å²) in [5, 5.41) is 8.99. The summed E-state index contributed by atoms with van der Waals surface area (Å²) >= 11 is 5.91. The number of benzene rings is 1. The van der Waals surface area contributed by atoms with Crippen LogP contribution < -0.4 is 4.74 Å². The van der Waals surface area contributed by atoms with Crippen LogP contribution in [0, 0.1) is 0 Å². The highest BCUT2D eigenvalue weighted by Crippen LogP contribution is 2.24. The first-order chi connectivity index (χ1) is 7.06. The second kappa shape index (κ2) is 4.84. The van der Waals surface area contributed by atoms with E-state index < -0.39 is 5.97 Å². The molecule has 0 atom stereocenters. The fraction of sp³-hybridized carbons (Fsp3) is 0.182. The number of halogens is 1. The monoisotopic (exact) mass is 226 g/mol. The standard InChI is InChI=1S/C11H11ClO3/c1-7(11(13)14)10(12)8-3-5-9(15-2)6-4-8/h3-6H,1-2H3,(H,13,14)/b10-7+. The zero-order valence-electron chi connectivity index (χ0n) is 8.45. The van der Waals surface area contributed by atoms with Gasteiger partial charge in [0.2, 0.25) is 0 Å². The molecule has 1 rings (SSSR count). The third-order valence-corrected chi connectivity index (χ3v) is 2.50. The summed E-state index contributed by atoms with van der Waals surface area (Å²) in [7, 11) is 1.56. The number of hydrogen-bond donors (Lipinski definition) is 1. The van der Waals surface area contributed by atoms with Gasteiger partial charge >= 0.3 is 5.97 Å². The zero-order valence-corrected chi connectivity index (χ0v) is 9.21. The lowest BCUT2D eigenvalue weighted by Gasteiger charge is -2.03. The molecule has 15 heavy (non-hydrogen) atoms. The number of rotatable bonds is 3. The maximum atomic E-state index is 10.7. The van der Waals surface area contributed by atoms with E-state index in [-0.39, 0.29) is 10.6 Å². The molecule has 80 valence electrons. The Morgan fingerprint density at radius 1 is 1.33 bits per heavy atom. The molecular formula is C11H11ClO3. The molecule has 0 spiro atoms. The summed E-state index contributed by atoms with van der Waals surface area (Å²) in [5.41, 5.74) is 0.791. The van der Waals surface area contributed by atoms with Gasteiger partial charge in [0.05, 0.1) is 17.7 Å². The van der Waals surface area contributed by atoms with Gasteiger partial charge in [0.1, 0.15) is 5.75 Å². The van der Waals surface area contributed by atoms with Crippen molar-refractivity contribution in [1.29, 1.82) is 0 Å². The Kier molecular flexibility index (Phi) is 3.74. The van der Waals surface area contributed by atoms with E-state index in [4.69, 9.17) is 21.4 Å². The maximum absolute atomic E-state index is 10.7. The van der Waals surface area contributed by atoms with E-state index in [1.54, 1.807) is 31.4 Å². The Hall–Kier alpha value is -1.48. The predicted octanol–water partition coefficient (Wildman–Crippen LogP) is 2.75. The minimum atomic E-state index is -1.02. The van der Waals surface area contributed by atoms with E-state index in [1.165, 1.54) is 6.92 Å². The molecule has 1 N–H and O–H groups in total. The van der Waals surface area contributed by atoms with E-state index in [1.807, 2.05) is 0 Å². The number of carboxylic acids is 1. The molecule has 0 radical (unpaired) electrons. The molecule has 1 aromatic rings. The number of hydrogen-bond acceptors (Lipinski definition) is 2. The van der Waals surface area contributed by atoms with Crippen LogP contribution >= 0.6 is 11.6 Å². The van der Waals surface area contributed by atoms with Crippen molar-refractivity contribution in [2.45, 2.75) is 6.92 Å². The summed E-state index contributed by atoms with van der Waals surface area (Å²) in [6, 6.07) is 6.89. The lowest BCUT2D eigenvalue weighted by molar-refractivity contribution is -0.132. The van der Waals surface area contributed by atoms with E-state index in [9.17, 15) is 4.79 Å². The minimum Gasteiger partial charge on any atom is -0.497 e. The van der Waals surface area contributed by atoms with Crippen molar-refractivity contribution in [1.82, 2.24) is 0 Å². The van der Waals surface area contributed by atoms with Crippen LogP contribution in [0.25, 0.3) is 5.03 Å². The molecule has 1 aromatic carbocycles. The Bertz CT molecular complexity index is 393. The molecule has 0 saturated carbocycles. The predicted molar refractivity (Wildman–Crippen MR) is 59.1 cm³/mol. The number of ether oxygens (including phenoxy) is 1. The van der Waals surface area contributed by atoms with Crippen molar-refractivity contribution in [3.63, 3.8) is 0 Å². The van der Waals surface area contributed by atoms with Crippen LogP contribution in [0.5, 0.6) is 5.75 Å². The smallest absolute Gasteiger partial charge is 0.332 e. The molecule has 0 fully saturated rings. The van der Waals surface area contributed by atoms with Crippen LogP contribution in [-0.2, 0) is 4.79 Å². The first-order valence-electron chi connectivity index (χ1n) is 4.30. The number of carboxylic acid groups (broad SMARTS) is 1. The SMILES string of the molecule is COc1ccc(/C(Cl)=C(/C)C(=O)O)cc1. The van der Waals surface area contributed by atoms with Gasteiger partial charge < -0.3 is 9.84 Å². The molecule has 0 bridgehead atoms. The van der Waals surface area contributed by atoms with Crippen LogP contribution in [0.15, 0.2) is 29.8 Å². The van der Waals surface area contributed by atoms with Crippen LogP contribution in [0.3, 0.4) is 0 Å². The van der Waals surface area contributed by atoms with E-state index in [2.05, 4.69) is 0 Å². The van der Waals surface area contributed by atoms with Crippen LogP contribution in [0.4, 0.5) is 0 Å². The van der Waals surface area contributed by atoms with Crippen molar-refractivity contribution in [3.05, 3.63) is 35.4 Å². The largest absolute Gasteiger partial charge is 0.497 e. The second-order valence-corrected chi connectivity index (χ2v) is 3.35. The second-order valence-electron chi connectivity index (χ2n) is 2.97. The summed E-state index contributed by atoms with van der Waals surface area (Å²) in [5.74, 6) is -0.313. The lowest BCUT2D eigenvalue weighted by atomic mass is 10.1. The van der Waals surface area contributed by atoms with Crippen molar-refractivity contribution in [3.8, 4) is 5.75 Å². The first kappa shape index (κ1) is 11.6. The Labute approximate surface area is 92.9 Å². The molecule has 0 aliphatic heterocycles. The third-order valence-electron chi connectivity index (χ3n) is 1.99. The molecule has 0 heterocycles. The highest BCUT2D eigenvalue weighted by atomic mass is 35.5. The zero-order chi connectivity index (χ0) is 11.4. The molecule has 4 heteroatoms. The van der Waals surface area contributed by atoms with Gasteiger partial charge in [0, 0.05) is 0 Å². The molecule has 0 unspecified atom stereocenters. The molecule has 3 nitrogen and oxygen atoms in total. The quantitative estimate of drug-likeness (QED) is 0.807. The Morgan fingerprint density at radius 3 is 2.27 bits per heavy atom. The van der Waals surface area contributed by atoms with E-state index in [0.717, 1.165) is 0 Å². The van der Waals surface area contributed by atoms with Crippen LogP contribution in [0.2, 0.25) is 0 Å². The number of aliphatic carboxylic acids is 1. The van der Waals surface area contributed by atoms with Gasteiger partial charge in [-0.3, -0.25) is 0 Å². The number of methoxy groups -OCH3 is 1. The highest BCUT2D eigenvalue weighted by molar-refractivity contribution is 6.50. The lowest BCUT2D eigenvalue weighted by Crippen LogP contribution is -1.98. The molecule has 0 aromatic heterocycles. The molecule has 0 amide bonds. The van der Waals surface area contributed by atoms with Gasteiger partial charge in [-0.15, -0.1) is 0 Å². The van der Waals surface area contributed by atoms with Crippen molar-refractivity contribution in [2.75, 3.05) is 7.11 Å². The third kappa shape index (κ3) is 2.73. The van der Waals surface area contributed by atoms with E-state index >= 15 is 0 Å². The minimum absolute atomic E-state index is 0.127. The average molecular weight is 227 g/mol. The van der Waals surface area contributed by atoms with Gasteiger partial charge in [0.15, 0.2) is 0 Å². The summed E-state index contributed by atoms with van der Waals surface area (Å²) in [6.45, 7) is 1.47. The van der Waals surface area contributed by atoms with Crippen LogP contribution in [-0.4, -0.2) is 18.2 Å². The van der Waals surface area contributed by atoms with Gasteiger partial charge in [-0.1, -0.05) is 11.6 Å². The fourth-order valence-electron chi connectivity index (χ4n) is 1.05. The average Bonchev–Trinajstić information content (AvgIpc) is 2.27. The van der Waals surface area contributed by atoms with E-state index in [0.29, 0.717) is 11.3 Å².